The number of aryl methyl sites for hydroxylation is 2. The first-order valence-corrected chi connectivity index (χ1v) is 13.1. The minimum atomic E-state index is -3.63. The van der Waals surface area contributed by atoms with Crippen molar-refractivity contribution in [1.82, 2.24) is 24.7 Å². The molecule has 1 fully saturated rings. The molecule has 0 radical (unpaired) electrons. The highest BCUT2D eigenvalue weighted by molar-refractivity contribution is 7.92. The summed E-state index contributed by atoms with van der Waals surface area (Å²) in [6.45, 7) is 1.72. The van der Waals surface area contributed by atoms with Crippen molar-refractivity contribution >= 4 is 50.0 Å². The lowest BCUT2D eigenvalue weighted by Crippen LogP contribution is -2.25. The number of carbonyl (C=O) groups is 1. The number of aromatic nitrogens is 5. The molecule has 1 atom stereocenters. The van der Waals surface area contributed by atoms with Gasteiger partial charge in [0.05, 0.1) is 29.5 Å². The van der Waals surface area contributed by atoms with Gasteiger partial charge in [-0.25, -0.2) is 27.2 Å². The molecule has 1 aliphatic carbocycles. The number of carbonyl (C=O) groups excluding carboxylic acids is 1. The summed E-state index contributed by atoms with van der Waals surface area (Å²) in [7, 11) is -0.409. The summed E-state index contributed by atoms with van der Waals surface area (Å²) in [5.74, 6) is -4.65. The normalized spacial score (nSPS) is 16.5. The molecule has 4 aromatic rings. The van der Waals surface area contributed by atoms with Gasteiger partial charge < -0.3 is 15.6 Å². The fraction of sp³-hybridized carbons (Fsp3) is 0.304. The van der Waals surface area contributed by atoms with Gasteiger partial charge in [-0.05, 0) is 24.6 Å². The van der Waals surface area contributed by atoms with E-state index >= 15 is 0 Å². The van der Waals surface area contributed by atoms with Crippen LogP contribution in [0, 0.1) is 12.8 Å². The molecule has 5 rings (SSSR count). The summed E-state index contributed by atoms with van der Waals surface area (Å²) in [5.41, 5.74) is 3.51. The average molecular weight is 531 g/mol. The van der Waals surface area contributed by atoms with E-state index < -0.39 is 34.2 Å². The molecule has 1 aromatic carbocycles. The largest absolute Gasteiger partial charge is 0.352 e. The zero-order valence-electron chi connectivity index (χ0n) is 20.4. The number of amides is 1. The van der Waals surface area contributed by atoms with Crippen LogP contribution in [0.2, 0.25) is 0 Å². The van der Waals surface area contributed by atoms with Gasteiger partial charge in [0.15, 0.2) is 5.65 Å². The summed E-state index contributed by atoms with van der Waals surface area (Å²) in [4.78, 5) is 23.9. The van der Waals surface area contributed by atoms with Crippen molar-refractivity contribution in [3.05, 3.63) is 42.5 Å². The lowest BCUT2D eigenvalue weighted by atomic mass is 10.1. The number of nitrogens with zero attached hydrogens (tertiary/aromatic N) is 5. The zero-order chi connectivity index (χ0) is 26.7. The van der Waals surface area contributed by atoms with Gasteiger partial charge in [0.1, 0.15) is 23.1 Å². The predicted octanol–water partition coefficient (Wildman–Crippen LogP) is 3.40. The number of imidazole rings is 1. The Morgan fingerprint density at radius 2 is 1.95 bits per heavy atom. The van der Waals surface area contributed by atoms with Gasteiger partial charge in [-0.2, -0.15) is 5.10 Å². The van der Waals surface area contributed by atoms with Gasteiger partial charge in [0.25, 0.3) is 5.92 Å². The van der Waals surface area contributed by atoms with Crippen LogP contribution >= 0.6 is 0 Å². The Morgan fingerprint density at radius 3 is 2.57 bits per heavy atom. The molecule has 11 nitrogen and oxygen atoms in total. The van der Waals surface area contributed by atoms with E-state index in [-0.39, 0.29) is 11.5 Å². The van der Waals surface area contributed by atoms with Crippen LogP contribution < -0.4 is 14.9 Å². The monoisotopic (exact) mass is 530 g/mol. The number of aromatic amines is 1. The highest BCUT2D eigenvalue weighted by Crippen LogP contribution is 2.49. The van der Waals surface area contributed by atoms with Gasteiger partial charge in [-0.1, -0.05) is 6.07 Å². The first-order chi connectivity index (χ1) is 17.3. The third kappa shape index (κ3) is 4.83. The fourth-order valence-corrected chi connectivity index (χ4v) is 4.46. The molecule has 1 amide bonds. The molecule has 3 N–H and O–H groups in total. The van der Waals surface area contributed by atoms with E-state index in [1.54, 1.807) is 37.0 Å². The van der Waals surface area contributed by atoms with Crippen LogP contribution in [0.25, 0.3) is 22.3 Å². The summed E-state index contributed by atoms with van der Waals surface area (Å²) in [5, 5.41) is 9.82. The van der Waals surface area contributed by atoms with Gasteiger partial charge in [-0.3, -0.25) is 13.8 Å². The Hall–Kier alpha value is -4.07. The molecule has 37 heavy (non-hydrogen) atoms. The molecule has 0 spiro atoms. The Balaban J connectivity index is 1.56. The molecule has 0 saturated heterocycles. The third-order valence-electron chi connectivity index (χ3n) is 6.12. The van der Waals surface area contributed by atoms with Crippen molar-refractivity contribution in [3.63, 3.8) is 0 Å². The molecule has 1 saturated carbocycles. The number of anilines is 4. The van der Waals surface area contributed by atoms with Crippen molar-refractivity contribution in [3.8, 4) is 11.1 Å². The van der Waals surface area contributed by atoms with E-state index in [0.29, 0.717) is 28.4 Å². The number of fused-ring (bicyclic) bond motifs is 1. The number of halogens is 2. The second-order valence-corrected chi connectivity index (χ2v) is 11.1. The summed E-state index contributed by atoms with van der Waals surface area (Å²) in [6, 6.07) is 6.73. The maximum Gasteiger partial charge on any atom is 0.260 e. The highest BCUT2D eigenvalue weighted by atomic mass is 32.2. The van der Waals surface area contributed by atoms with E-state index in [9.17, 15) is 22.0 Å². The Kier molecular flexibility index (Phi) is 5.66. The molecule has 1 aliphatic rings. The number of sulfonamides is 1. The van der Waals surface area contributed by atoms with Crippen molar-refractivity contribution in [2.45, 2.75) is 19.3 Å². The van der Waals surface area contributed by atoms with Crippen LogP contribution in [-0.2, 0) is 21.9 Å². The molecular formula is C23H24F2N8O3S. The van der Waals surface area contributed by atoms with Gasteiger partial charge >= 0.3 is 0 Å². The van der Waals surface area contributed by atoms with Crippen LogP contribution in [0.4, 0.5) is 31.7 Å². The van der Waals surface area contributed by atoms with Crippen molar-refractivity contribution < 1.29 is 22.0 Å². The smallest absolute Gasteiger partial charge is 0.260 e. The predicted molar refractivity (Wildman–Crippen MR) is 135 cm³/mol. The Bertz CT molecular complexity index is 1650. The van der Waals surface area contributed by atoms with Crippen LogP contribution in [-0.4, -0.2) is 58.3 Å². The molecule has 14 heteroatoms. The lowest BCUT2D eigenvalue weighted by molar-refractivity contribution is -0.119. The second-order valence-electron chi connectivity index (χ2n) is 9.07. The van der Waals surface area contributed by atoms with Gasteiger partial charge in [0, 0.05) is 38.3 Å². The molecule has 0 unspecified atom stereocenters. The molecule has 3 heterocycles. The fourth-order valence-electron chi connectivity index (χ4n) is 3.95. The molecule has 194 valence electrons. The number of alkyl halides is 2. The standard InChI is InChI=1S/C23H24F2N8O3S/c1-12-27-20-17(8-19(30-21(20)28-12)31-22(34)15-9-23(15,24)25)29-16-6-5-13(14-10-26-32(2)11-14)7-18(16)33(3)37(4,35)36/h5-8,10-11,15H,9H2,1-4H3,(H3,27,28,29,30,31,34)/t15-/m0/s1. The molecule has 0 bridgehead atoms. The van der Waals surface area contributed by atoms with E-state index in [4.69, 9.17) is 0 Å². The number of hydrogen-bond acceptors (Lipinski definition) is 7. The lowest BCUT2D eigenvalue weighted by Gasteiger charge is -2.22. The maximum absolute atomic E-state index is 13.4. The van der Waals surface area contributed by atoms with E-state index in [1.807, 2.05) is 12.3 Å². The van der Waals surface area contributed by atoms with Crippen LogP contribution in [0.1, 0.15) is 12.2 Å². The quantitative estimate of drug-likeness (QED) is 0.333. The number of hydrogen-bond donors (Lipinski definition) is 3. The van der Waals surface area contributed by atoms with Crippen molar-refractivity contribution in [2.75, 3.05) is 28.2 Å². The number of nitrogens with one attached hydrogen (secondary N) is 3. The molecular weight excluding hydrogens is 506 g/mol. The zero-order valence-corrected chi connectivity index (χ0v) is 21.2. The van der Waals surface area contributed by atoms with Crippen molar-refractivity contribution in [2.24, 2.45) is 13.0 Å². The second kappa shape index (κ2) is 8.50. The number of benzene rings is 1. The topological polar surface area (TPSA) is 138 Å². The SMILES string of the molecule is Cc1nc2nc(NC(=O)[C@@H]3CC3(F)F)cc(Nc3ccc(-c4cnn(C)c4)cc3N(C)S(C)(=O)=O)c2[nH]1. The minimum absolute atomic E-state index is 0.0409. The summed E-state index contributed by atoms with van der Waals surface area (Å²) in [6.07, 6.45) is 4.07. The molecule has 3 aromatic heterocycles. The number of pyridine rings is 1. The maximum atomic E-state index is 13.4. The molecule has 0 aliphatic heterocycles. The van der Waals surface area contributed by atoms with E-state index in [0.717, 1.165) is 21.7 Å². The highest BCUT2D eigenvalue weighted by Gasteiger charge is 2.61. The van der Waals surface area contributed by atoms with E-state index in [2.05, 4.69) is 30.7 Å². The van der Waals surface area contributed by atoms with Gasteiger partial charge in [-0.15, -0.1) is 0 Å². The summed E-state index contributed by atoms with van der Waals surface area (Å²) >= 11 is 0. The van der Waals surface area contributed by atoms with Crippen LogP contribution in [0.5, 0.6) is 0 Å². The Labute approximate surface area is 211 Å². The summed E-state index contributed by atoms with van der Waals surface area (Å²) < 4.78 is 54.4. The van der Waals surface area contributed by atoms with Crippen LogP contribution in [0.3, 0.4) is 0 Å². The first kappa shape index (κ1) is 24.6. The Morgan fingerprint density at radius 1 is 1.22 bits per heavy atom. The number of rotatable bonds is 7. The van der Waals surface area contributed by atoms with E-state index in [1.165, 1.54) is 13.1 Å². The van der Waals surface area contributed by atoms with Crippen LogP contribution in [0.15, 0.2) is 36.7 Å². The first-order valence-electron chi connectivity index (χ1n) is 11.2. The third-order valence-corrected chi connectivity index (χ3v) is 7.31. The van der Waals surface area contributed by atoms with Gasteiger partial charge in [0.2, 0.25) is 15.9 Å². The average Bonchev–Trinajstić information content (AvgIpc) is 3.09. The number of H-pyrrole nitrogens is 1. The van der Waals surface area contributed by atoms with Crippen molar-refractivity contribution in [1.29, 1.82) is 0 Å². The minimum Gasteiger partial charge on any atom is -0.352 e.